The Hall–Kier alpha value is -0.410. The number of rotatable bonds is 3. The van der Waals surface area contributed by atoms with E-state index in [9.17, 15) is 4.79 Å². The molecule has 3 nitrogen and oxygen atoms in total. The van der Waals surface area contributed by atoms with Crippen LogP contribution in [0.2, 0.25) is 0 Å². The fourth-order valence-corrected chi connectivity index (χ4v) is 0.367. The van der Waals surface area contributed by atoms with E-state index < -0.39 is 0 Å². The summed E-state index contributed by atoms with van der Waals surface area (Å²) < 4.78 is 0. The lowest BCUT2D eigenvalue weighted by atomic mass is 10.3. The SMILES string of the molecule is CCC(=O)CN(C)O. The Labute approximate surface area is 48.9 Å². The van der Waals surface area contributed by atoms with E-state index in [4.69, 9.17) is 5.21 Å². The molecule has 0 radical (unpaired) electrons. The second-order valence-corrected chi connectivity index (χ2v) is 1.71. The molecule has 1 N–H and O–H groups in total. The molecule has 8 heavy (non-hydrogen) atoms. The number of hydroxylamine groups is 2. The van der Waals surface area contributed by atoms with Crippen LogP contribution in [0.5, 0.6) is 0 Å². The summed E-state index contributed by atoms with van der Waals surface area (Å²) in [5.74, 6) is 0.0509. The van der Waals surface area contributed by atoms with Gasteiger partial charge in [-0.1, -0.05) is 6.92 Å². The largest absolute Gasteiger partial charge is 0.314 e. The van der Waals surface area contributed by atoms with E-state index in [2.05, 4.69) is 0 Å². The van der Waals surface area contributed by atoms with E-state index in [1.807, 2.05) is 0 Å². The van der Waals surface area contributed by atoms with Gasteiger partial charge in [0, 0.05) is 13.5 Å². The molecule has 0 aromatic rings. The Kier molecular flexibility index (Phi) is 3.39. The van der Waals surface area contributed by atoms with Gasteiger partial charge in [-0.15, -0.1) is 0 Å². The first-order valence-corrected chi connectivity index (χ1v) is 2.58. The van der Waals surface area contributed by atoms with Gasteiger partial charge in [0.25, 0.3) is 0 Å². The molecule has 0 aromatic carbocycles. The van der Waals surface area contributed by atoms with Gasteiger partial charge in [0.2, 0.25) is 0 Å². The van der Waals surface area contributed by atoms with Gasteiger partial charge >= 0.3 is 0 Å². The second kappa shape index (κ2) is 3.57. The molecule has 0 unspecified atom stereocenters. The molecule has 0 aromatic heterocycles. The van der Waals surface area contributed by atoms with Crippen LogP contribution in [0.25, 0.3) is 0 Å². The normalized spacial score (nSPS) is 10.0. The summed E-state index contributed by atoms with van der Waals surface area (Å²) in [6.07, 6.45) is 0.491. The fraction of sp³-hybridized carbons (Fsp3) is 0.800. The zero-order chi connectivity index (χ0) is 6.57. The average molecular weight is 117 g/mol. The summed E-state index contributed by atoms with van der Waals surface area (Å²) in [4.78, 5) is 10.4. The summed E-state index contributed by atoms with van der Waals surface area (Å²) in [7, 11) is 1.45. The molecule has 0 aliphatic rings. The number of Topliss-reactive ketones (excluding diaryl/α,β-unsaturated/α-hetero) is 1. The van der Waals surface area contributed by atoms with E-state index in [0.717, 1.165) is 5.06 Å². The van der Waals surface area contributed by atoms with Crippen LogP contribution in [-0.2, 0) is 4.79 Å². The van der Waals surface area contributed by atoms with Crippen molar-refractivity contribution in [2.24, 2.45) is 0 Å². The predicted molar refractivity (Wildman–Crippen MR) is 29.7 cm³/mol. The van der Waals surface area contributed by atoms with Gasteiger partial charge in [0.15, 0.2) is 0 Å². The standard InChI is InChI=1S/C5H11NO2/c1-3-5(7)4-6(2)8/h8H,3-4H2,1-2H3. The van der Waals surface area contributed by atoms with Crippen LogP contribution in [-0.4, -0.2) is 29.6 Å². The Bertz CT molecular complexity index is 80.5. The highest BCUT2D eigenvalue weighted by Crippen LogP contribution is 1.81. The summed E-state index contributed by atoms with van der Waals surface area (Å²) in [5, 5.41) is 9.35. The maximum absolute atomic E-state index is 10.4. The molecule has 0 fully saturated rings. The van der Waals surface area contributed by atoms with Crippen molar-refractivity contribution in [2.75, 3.05) is 13.6 Å². The third kappa shape index (κ3) is 3.77. The number of nitrogens with zero attached hydrogens (tertiary/aromatic N) is 1. The van der Waals surface area contributed by atoms with E-state index in [1.165, 1.54) is 7.05 Å². The first kappa shape index (κ1) is 7.59. The Morgan fingerprint density at radius 1 is 1.75 bits per heavy atom. The van der Waals surface area contributed by atoms with Crippen molar-refractivity contribution >= 4 is 5.78 Å². The van der Waals surface area contributed by atoms with Crippen LogP contribution in [0, 0.1) is 0 Å². The molecule has 0 amide bonds. The van der Waals surface area contributed by atoms with Crippen molar-refractivity contribution in [3.8, 4) is 0 Å². The second-order valence-electron chi connectivity index (χ2n) is 1.71. The van der Waals surface area contributed by atoms with Crippen molar-refractivity contribution in [1.82, 2.24) is 5.06 Å². The number of carbonyl (C=O) groups excluding carboxylic acids is 1. The first-order valence-electron chi connectivity index (χ1n) is 2.58. The van der Waals surface area contributed by atoms with Gasteiger partial charge < -0.3 is 5.21 Å². The van der Waals surface area contributed by atoms with Gasteiger partial charge in [0.1, 0.15) is 5.78 Å². The molecule has 0 saturated heterocycles. The summed E-state index contributed by atoms with van der Waals surface area (Å²) in [6, 6.07) is 0. The van der Waals surface area contributed by atoms with Crippen molar-refractivity contribution in [3.05, 3.63) is 0 Å². The number of hydrogen-bond donors (Lipinski definition) is 1. The third-order valence-electron chi connectivity index (χ3n) is 0.800. The van der Waals surface area contributed by atoms with E-state index in [-0.39, 0.29) is 12.3 Å². The van der Waals surface area contributed by atoms with Crippen molar-refractivity contribution in [3.63, 3.8) is 0 Å². The highest BCUT2D eigenvalue weighted by atomic mass is 16.5. The van der Waals surface area contributed by atoms with Crippen LogP contribution < -0.4 is 0 Å². The van der Waals surface area contributed by atoms with E-state index in [1.54, 1.807) is 6.92 Å². The molecule has 0 heterocycles. The quantitative estimate of drug-likeness (QED) is 0.540. The highest BCUT2D eigenvalue weighted by molar-refractivity contribution is 5.79. The molecule has 0 atom stereocenters. The number of hydrogen-bond acceptors (Lipinski definition) is 3. The topological polar surface area (TPSA) is 40.5 Å². The van der Waals surface area contributed by atoms with Crippen molar-refractivity contribution in [2.45, 2.75) is 13.3 Å². The predicted octanol–water partition coefficient (Wildman–Crippen LogP) is 0.287. The smallest absolute Gasteiger partial charge is 0.148 e. The summed E-state index contributed by atoms with van der Waals surface area (Å²) >= 11 is 0. The van der Waals surface area contributed by atoms with Crippen molar-refractivity contribution in [1.29, 1.82) is 0 Å². The monoisotopic (exact) mass is 117 g/mol. The zero-order valence-electron chi connectivity index (χ0n) is 5.22. The Balaban J connectivity index is 3.25. The fourth-order valence-electron chi connectivity index (χ4n) is 0.367. The molecular weight excluding hydrogens is 106 g/mol. The molecule has 0 saturated carbocycles. The Morgan fingerprint density at radius 3 is 2.38 bits per heavy atom. The summed E-state index contributed by atoms with van der Waals surface area (Å²) in [6.45, 7) is 1.91. The van der Waals surface area contributed by atoms with Gasteiger partial charge in [-0.2, -0.15) is 5.06 Å². The number of ketones is 1. The highest BCUT2D eigenvalue weighted by Gasteiger charge is 1.98. The molecule has 0 rings (SSSR count). The van der Waals surface area contributed by atoms with Gasteiger partial charge in [-0.3, -0.25) is 4.79 Å². The molecule has 0 aliphatic carbocycles. The molecule has 48 valence electrons. The van der Waals surface area contributed by atoms with Crippen LogP contribution in [0.1, 0.15) is 13.3 Å². The maximum Gasteiger partial charge on any atom is 0.148 e. The molecule has 0 spiro atoms. The minimum atomic E-state index is 0.0509. The lowest BCUT2D eigenvalue weighted by Gasteiger charge is -2.03. The van der Waals surface area contributed by atoms with Gasteiger partial charge in [0.05, 0.1) is 6.54 Å². The van der Waals surface area contributed by atoms with Crippen LogP contribution in [0.4, 0.5) is 0 Å². The van der Waals surface area contributed by atoms with Gasteiger partial charge in [-0.25, -0.2) is 0 Å². The lowest BCUT2D eigenvalue weighted by Crippen LogP contribution is -2.21. The Morgan fingerprint density at radius 2 is 2.25 bits per heavy atom. The van der Waals surface area contributed by atoms with Crippen LogP contribution >= 0.6 is 0 Å². The third-order valence-corrected chi connectivity index (χ3v) is 0.800. The minimum Gasteiger partial charge on any atom is -0.314 e. The van der Waals surface area contributed by atoms with E-state index in [0.29, 0.717) is 6.42 Å². The zero-order valence-corrected chi connectivity index (χ0v) is 5.22. The van der Waals surface area contributed by atoms with Gasteiger partial charge in [-0.05, 0) is 0 Å². The lowest BCUT2D eigenvalue weighted by molar-refractivity contribution is -0.130. The average Bonchev–Trinajstić information content (AvgIpc) is 1.65. The number of carbonyl (C=O) groups is 1. The molecular formula is C5H11NO2. The van der Waals surface area contributed by atoms with E-state index >= 15 is 0 Å². The minimum absolute atomic E-state index is 0.0509. The molecule has 0 bridgehead atoms. The van der Waals surface area contributed by atoms with Crippen LogP contribution in [0.15, 0.2) is 0 Å². The van der Waals surface area contributed by atoms with Crippen molar-refractivity contribution < 1.29 is 10.0 Å². The number of likely N-dealkylation sites (N-methyl/N-ethyl adjacent to an activating group) is 1. The first-order chi connectivity index (χ1) is 3.66. The summed E-state index contributed by atoms with van der Waals surface area (Å²) in [5.41, 5.74) is 0. The maximum atomic E-state index is 10.4. The molecule has 0 aliphatic heterocycles. The molecule has 3 heteroatoms. The van der Waals surface area contributed by atoms with Crippen LogP contribution in [0.3, 0.4) is 0 Å².